The van der Waals surface area contributed by atoms with E-state index in [0.717, 1.165) is 25.7 Å². The first-order chi connectivity index (χ1) is 15.2. The van der Waals surface area contributed by atoms with E-state index >= 15 is 0 Å². The van der Waals surface area contributed by atoms with Gasteiger partial charge in [0, 0.05) is 23.4 Å². The van der Waals surface area contributed by atoms with Gasteiger partial charge in [0.25, 0.3) is 0 Å². The third kappa shape index (κ3) is 5.66. The smallest absolute Gasteiger partial charge is 0.406 e. The van der Waals surface area contributed by atoms with Gasteiger partial charge in [-0.3, -0.25) is 0 Å². The lowest BCUT2D eigenvalue weighted by Crippen LogP contribution is -2.17. The van der Waals surface area contributed by atoms with Crippen molar-refractivity contribution >= 4 is 17.5 Å². The Kier molecular flexibility index (Phi) is 6.16. The van der Waals surface area contributed by atoms with E-state index in [0.29, 0.717) is 34.3 Å². The van der Waals surface area contributed by atoms with Crippen molar-refractivity contribution in [3.8, 4) is 17.0 Å². The third-order valence-corrected chi connectivity index (χ3v) is 5.22. The first-order valence-corrected chi connectivity index (χ1v) is 10.3. The molecule has 32 heavy (non-hydrogen) atoms. The van der Waals surface area contributed by atoms with Crippen LogP contribution in [0.4, 0.5) is 35.0 Å². The Hall–Kier alpha value is -3.36. The molecular weight excluding hydrogens is 424 g/mol. The minimum atomic E-state index is -4.79. The van der Waals surface area contributed by atoms with Gasteiger partial charge in [0.15, 0.2) is 0 Å². The summed E-state index contributed by atoms with van der Waals surface area (Å²) in [5, 5.41) is 6.36. The van der Waals surface area contributed by atoms with Gasteiger partial charge in [-0.25, -0.2) is 9.37 Å². The van der Waals surface area contributed by atoms with Crippen LogP contribution in [0.1, 0.15) is 31.2 Å². The number of anilines is 3. The minimum absolute atomic E-state index is 0.231. The van der Waals surface area contributed by atoms with Crippen molar-refractivity contribution in [2.24, 2.45) is 0 Å². The van der Waals surface area contributed by atoms with E-state index in [1.807, 2.05) is 0 Å². The fraction of sp³-hybridized carbons (Fsp3) is 0.304. The van der Waals surface area contributed by atoms with Gasteiger partial charge in [-0.1, -0.05) is 31.0 Å². The molecule has 168 valence electrons. The first kappa shape index (κ1) is 21.9. The Morgan fingerprint density at radius 3 is 2.50 bits per heavy atom. The minimum Gasteiger partial charge on any atom is -0.406 e. The molecule has 2 N–H and O–H groups in total. The molecule has 9 heteroatoms. The number of alkyl halides is 3. The molecule has 0 radical (unpaired) electrons. The maximum absolute atomic E-state index is 14.0. The molecule has 3 aromatic rings. The molecule has 0 unspecified atom stereocenters. The monoisotopic (exact) mass is 446 g/mol. The normalized spacial score (nSPS) is 14.4. The van der Waals surface area contributed by atoms with Gasteiger partial charge in [0.05, 0.1) is 5.69 Å². The van der Waals surface area contributed by atoms with Gasteiger partial charge in [-0.05, 0) is 49.6 Å². The molecule has 1 heterocycles. The van der Waals surface area contributed by atoms with Gasteiger partial charge < -0.3 is 15.4 Å². The van der Waals surface area contributed by atoms with Crippen LogP contribution >= 0.6 is 0 Å². The van der Waals surface area contributed by atoms with Crippen molar-refractivity contribution in [1.29, 1.82) is 0 Å². The van der Waals surface area contributed by atoms with Crippen molar-refractivity contribution in [1.82, 2.24) is 9.97 Å². The van der Waals surface area contributed by atoms with E-state index in [9.17, 15) is 17.6 Å². The van der Waals surface area contributed by atoms with Crippen molar-refractivity contribution in [3.05, 3.63) is 59.9 Å². The van der Waals surface area contributed by atoms with Crippen LogP contribution in [0.2, 0.25) is 0 Å². The van der Waals surface area contributed by atoms with Crippen molar-refractivity contribution < 1.29 is 22.3 Å². The Morgan fingerprint density at radius 1 is 1.00 bits per heavy atom. The number of ether oxygens (including phenoxy) is 1. The summed E-state index contributed by atoms with van der Waals surface area (Å²) in [5.41, 5.74) is 1.85. The molecule has 4 rings (SSSR count). The molecule has 5 nitrogen and oxygen atoms in total. The molecule has 0 bridgehead atoms. The molecule has 0 amide bonds. The summed E-state index contributed by atoms with van der Waals surface area (Å²) in [6.45, 7) is 1.67. The van der Waals surface area contributed by atoms with Crippen molar-refractivity contribution in [2.75, 3.05) is 10.6 Å². The highest BCUT2D eigenvalue weighted by Gasteiger charge is 2.31. The number of benzene rings is 2. The molecule has 1 fully saturated rings. The van der Waals surface area contributed by atoms with E-state index in [2.05, 4.69) is 25.3 Å². The number of hydrogen-bond donors (Lipinski definition) is 2. The second-order valence-corrected chi connectivity index (χ2v) is 7.75. The van der Waals surface area contributed by atoms with Crippen LogP contribution in [0.5, 0.6) is 5.75 Å². The van der Waals surface area contributed by atoms with Crippen LogP contribution < -0.4 is 15.4 Å². The quantitative estimate of drug-likeness (QED) is 0.419. The van der Waals surface area contributed by atoms with E-state index in [-0.39, 0.29) is 17.6 Å². The largest absolute Gasteiger partial charge is 0.573 e. The molecule has 1 aliphatic carbocycles. The summed E-state index contributed by atoms with van der Waals surface area (Å²) in [4.78, 5) is 8.99. The van der Waals surface area contributed by atoms with Crippen LogP contribution in [-0.4, -0.2) is 22.4 Å². The van der Waals surface area contributed by atoms with E-state index in [1.165, 1.54) is 24.3 Å². The zero-order valence-electron chi connectivity index (χ0n) is 17.3. The van der Waals surface area contributed by atoms with E-state index in [1.54, 1.807) is 31.2 Å². The van der Waals surface area contributed by atoms with E-state index in [4.69, 9.17) is 0 Å². The lowest BCUT2D eigenvalue weighted by molar-refractivity contribution is -0.274. The highest BCUT2D eigenvalue weighted by atomic mass is 19.4. The molecule has 0 spiro atoms. The zero-order valence-corrected chi connectivity index (χ0v) is 17.3. The zero-order chi connectivity index (χ0) is 22.7. The maximum Gasteiger partial charge on any atom is 0.573 e. The van der Waals surface area contributed by atoms with Crippen LogP contribution in [0, 0.1) is 12.7 Å². The Labute approximate surface area is 182 Å². The molecule has 0 aliphatic heterocycles. The lowest BCUT2D eigenvalue weighted by atomic mass is 10.1. The number of halogens is 4. The van der Waals surface area contributed by atoms with Crippen molar-refractivity contribution in [2.45, 2.75) is 45.0 Å². The summed E-state index contributed by atoms with van der Waals surface area (Å²) in [7, 11) is 0. The van der Waals surface area contributed by atoms with Gasteiger partial charge in [-0.15, -0.1) is 13.2 Å². The second kappa shape index (κ2) is 9.02. The van der Waals surface area contributed by atoms with Gasteiger partial charge in [0.1, 0.15) is 17.4 Å². The fourth-order valence-corrected chi connectivity index (χ4v) is 3.65. The Morgan fingerprint density at radius 2 is 1.78 bits per heavy atom. The SMILES string of the molecule is Cc1ccc(Nc2cc(-c3cccc(OC(F)(F)F)c3)nc(NC3CCCC3)n2)cc1F. The molecular formula is C23H22F4N4O. The summed E-state index contributed by atoms with van der Waals surface area (Å²) >= 11 is 0. The van der Waals surface area contributed by atoms with Gasteiger partial charge in [0.2, 0.25) is 5.95 Å². The lowest BCUT2D eigenvalue weighted by Gasteiger charge is -2.15. The van der Waals surface area contributed by atoms with E-state index < -0.39 is 6.36 Å². The number of aromatic nitrogens is 2. The summed E-state index contributed by atoms with van der Waals surface area (Å²) < 4.78 is 55.9. The Balaban J connectivity index is 1.68. The first-order valence-electron chi connectivity index (χ1n) is 10.3. The van der Waals surface area contributed by atoms with Crippen LogP contribution in [-0.2, 0) is 0 Å². The average molecular weight is 446 g/mol. The number of nitrogens with zero attached hydrogens (tertiary/aromatic N) is 2. The second-order valence-electron chi connectivity index (χ2n) is 7.75. The number of hydrogen-bond acceptors (Lipinski definition) is 5. The number of rotatable bonds is 6. The van der Waals surface area contributed by atoms with Gasteiger partial charge in [-0.2, -0.15) is 4.98 Å². The predicted molar refractivity (Wildman–Crippen MR) is 114 cm³/mol. The van der Waals surface area contributed by atoms with Crippen LogP contribution in [0.3, 0.4) is 0 Å². The van der Waals surface area contributed by atoms with Crippen molar-refractivity contribution in [3.63, 3.8) is 0 Å². The van der Waals surface area contributed by atoms with Crippen LogP contribution in [0.15, 0.2) is 48.5 Å². The summed E-state index contributed by atoms with van der Waals surface area (Å²) in [6.07, 6.45) is -0.575. The van der Waals surface area contributed by atoms with Gasteiger partial charge >= 0.3 is 6.36 Å². The predicted octanol–water partition coefficient (Wildman–Crippen LogP) is 6.59. The molecule has 1 aliphatic rings. The molecule has 1 saturated carbocycles. The highest BCUT2D eigenvalue weighted by molar-refractivity contribution is 5.68. The topological polar surface area (TPSA) is 59.1 Å². The highest BCUT2D eigenvalue weighted by Crippen LogP contribution is 2.30. The summed E-state index contributed by atoms with van der Waals surface area (Å²) in [5.74, 6) is 0.0483. The number of nitrogens with one attached hydrogen (secondary N) is 2. The molecule has 2 aromatic carbocycles. The summed E-state index contributed by atoms with van der Waals surface area (Å²) in [6, 6.07) is 12.2. The number of aryl methyl sites for hydroxylation is 1. The molecule has 1 aromatic heterocycles. The maximum atomic E-state index is 14.0. The molecule has 0 atom stereocenters. The average Bonchev–Trinajstić information content (AvgIpc) is 3.22. The third-order valence-electron chi connectivity index (χ3n) is 5.22. The molecule has 0 saturated heterocycles. The Bertz CT molecular complexity index is 1100. The van der Waals surface area contributed by atoms with Crippen LogP contribution in [0.25, 0.3) is 11.3 Å². The standard InChI is InChI=1S/C23H22F4N4O/c1-14-9-10-17(12-19(14)24)28-21-13-20(30-22(31-21)29-16-6-2-3-7-16)15-5-4-8-18(11-15)32-23(25,26)27/h4-5,8-13,16H,2-3,6-7H2,1H3,(H2,28,29,30,31). The fourth-order valence-electron chi connectivity index (χ4n) is 3.65.